The molecular formula is C9H9N2O2+. The third-order valence-corrected chi connectivity index (χ3v) is 2.23. The van der Waals surface area contributed by atoms with E-state index in [0.717, 1.165) is 0 Å². The van der Waals surface area contributed by atoms with Crippen molar-refractivity contribution in [3.05, 3.63) is 35.4 Å². The third-order valence-electron chi connectivity index (χ3n) is 2.23. The standard InChI is InChI=1S/C9H9N2O2/c1-11(10)8(12)6-4-2-3-5-7(6)9(11)13/h2-5H,10H2,1H3/q+1. The van der Waals surface area contributed by atoms with Crippen LogP contribution in [-0.2, 0) is 0 Å². The summed E-state index contributed by atoms with van der Waals surface area (Å²) in [4.78, 5) is 23.1. The molecule has 1 aromatic carbocycles. The van der Waals surface area contributed by atoms with E-state index in [4.69, 9.17) is 5.84 Å². The van der Waals surface area contributed by atoms with Crippen molar-refractivity contribution in [3.63, 3.8) is 0 Å². The minimum Gasteiger partial charge on any atom is -0.223 e. The van der Waals surface area contributed by atoms with Crippen LogP contribution < -0.4 is 5.84 Å². The minimum absolute atomic E-state index is 0.347. The van der Waals surface area contributed by atoms with Crippen LogP contribution in [-0.4, -0.2) is 23.5 Å². The number of fused-ring (bicyclic) bond motifs is 1. The Morgan fingerprint density at radius 1 is 1.08 bits per heavy atom. The molecule has 0 aromatic heterocycles. The smallest absolute Gasteiger partial charge is 0.223 e. The maximum Gasteiger partial charge on any atom is 0.373 e. The highest BCUT2D eigenvalue weighted by atomic mass is 16.2. The van der Waals surface area contributed by atoms with Crippen molar-refractivity contribution in [2.45, 2.75) is 0 Å². The molecule has 0 aliphatic carbocycles. The van der Waals surface area contributed by atoms with Gasteiger partial charge in [0.05, 0.1) is 11.1 Å². The van der Waals surface area contributed by atoms with Crippen LogP contribution in [0.25, 0.3) is 0 Å². The van der Waals surface area contributed by atoms with E-state index in [1.165, 1.54) is 7.05 Å². The van der Waals surface area contributed by atoms with Crippen LogP contribution in [0.3, 0.4) is 0 Å². The fraction of sp³-hybridized carbons (Fsp3) is 0.111. The number of amides is 2. The van der Waals surface area contributed by atoms with Crippen LogP contribution in [0.5, 0.6) is 0 Å². The Morgan fingerprint density at radius 3 is 1.85 bits per heavy atom. The zero-order chi connectivity index (χ0) is 9.64. The number of hydrogen-bond acceptors (Lipinski definition) is 3. The number of carbonyl (C=O) groups is 2. The summed E-state index contributed by atoms with van der Waals surface area (Å²) in [6, 6.07) is 6.67. The Morgan fingerprint density at radius 2 is 1.46 bits per heavy atom. The number of nitrogens with zero attached hydrogens (tertiary/aromatic N) is 1. The molecule has 2 amide bonds. The largest absolute Gasteiger partial charge is 0.373 e. The molecule has 4 heteroatoms. The van der Waals surface area contributed by atoms with Gasteiger partial charge in [0, 0.05) is 0 Å². The first kappa shape index (κ1) is 8.10. The van der Waals surface area contributed by atoms with E-state index in [2.05, 4.69) is 0 Å². The molecular weight excluding hydrogens is 168 g/mol. The van der Waals surface area contributed by atoms with Gasteiger partial charge in [0.15, 0.2) is 0 Å². The van der Waals surface area contributed by atoms with Gasteiger partial charge in [0.25, 0.3) is 0 Å². The van der Waals surface area contributed by atoms with E-state index in [0.29, 0.717) is 11.1 Å². The predicted octanol–water partition coefficient (Wildman–Crippen LogP) is 0.301. The Bertz CT molecular complexity index is 373. The lowest BCUT2D eigenvalue weighted by Gasteiger charge is -2.14. The fourth-order valence-corrected chi connectivity index (χ4v) is 1.45. The predicted molar refractivity (Wildman–Crippen MR) is 45.5 cm³/mol. The van der Waals surface area contributed by atoms with Gasteiger partial charge in [0.2, 0.25) is 0 Å². The van der Waals surface area contributed by atoms with Gasteiger partial charge in [-0.3, -0.25) is 0 Å². The number of benzene rings is 1. The van der Waals surface area contributed by atoms with Crippen molar-refractivity contribution < 1.29 is 14.2 Å². The second-order valence-electron chi connectivity index (χ2n) is 3.23. The molecule has 1 aliphatic heterocycles. The van der Waals surface area contributed by atoms with Crippen molar-refractivity contribution in [1.29, 1.82) is 0 Å². The van der Waals surface area contributed by atoms with Crippen LogP contribution in [0, 0.1) is 0 Å². The van der Waals surface area contributed by atoms with Gasteiger partial charge in [-0.15, -0.1) is 4.59 Å². The zero-order valence-corrected chi connectivity index (χ0v) is 7.15. The van der Waals surface area contributed by atoms with Gasteiger partial charge in [-0.1, -0.05) is 12.1 Å². The minimum atomic E-state index is -0.695. The lowest BCUT2D eigenvalue weighted by Crippen LogP contribution is -2.55. The number of carbonyl (C=O) groups excluding carboxylic acids is 2. The Kier molecular flexibility index (Phi) is 1.40. The number of rotatable bonds is 0. The van der Waals surface area contributed by atoms with Crippen molar-refractivity contribution in [3.8, 4) is 0 Å². The quantitative estimate of drug-likeness (QED) is 0.268. The highest BCUT2D eigenvalue weighted by Crippen LogP contribution is 2.23. The Balaban J connectivity index is 2.71. The highest BCUT2D eigenvalue weighted by molar-refractivity contribution is 6.13. The maximum absolute atomic E-state index is 11.6. The molecule has 1 aliphatic rings. The SMILES string of the molecule is C[N+]1(N)C(=O)c2ccccc2C1=O. The molecule has 0 atom stereocenters. The molecule has 0 bridgehead atoms. The molecule has 0 saturated heterocycles. The molecule has 0 radical (unpaired) electrons. The molecule has 66 valence electrons. The number of quaternary nitrogens is 1. The average Bonchev–Trinajstić information content (AvgIpc) is 2.30. The maximum atomic E-state index is 11.6. The molecule has 2 N–H and O–H groups in total. The van der Waals surface area contributed by atoms with Gasteiger partial charge in [-0.2, -0.15) is 5.84 Å². The number of hydrogen-bond donors (Lipinski definition) is 1. The molecule has 0 saturated carbocycles. The Labute approximate surface area is 75.1 Å². The first-order valence-corrected chi connectivity index (χ1v) is 3.89. The van der Waals surface area contributed by atoms with Gasteiger partial charge in [0.1, 0.15) is 7.05 Å². The molecule has 4 nitrogen and oxygen atoms in total. The highest BCUT2D eigenvalue weighted by Gasteiger charge is 2.48. The summed E-state index contributed by atoms with van der Waals surface area (Å²) in [5.74, 6) is 4.86. The summed E-state index contributed by atoms with van der Waals surface area (Å²) in [6.45, 7) is 0. The van der Waals surface area contributed by atoms with Gasteiger partial charge < -0.3 is 0 Å². The Hall–Kier alpha value is -1.52. The molecule has 0 fully saturated rings. The second kappa shape index (κ2) is 2.25. The third kappa shape index (κ3) is 0.867. The number of imide groups is 1. The van der Waals surface area contributed by atoms with Crippen LogP contribution in [0.4, 0.5) is 0 Å². The van der Waals surface area contributed by atoms with Gasteiger partial charge in [-0.05, 0) is 12.1 Å². The second-order valence-corrected chi connectivity index (χ2v) is 3.23. The lowest BCUT2D eigenvalue weighted by atomic mass is 10.1. The van der Waals surface area contributed by atoms with Gasteiger partial charge in [-0.25, -0.2) is 9.59 Å². The molecule has 2 rings (SSSR count). The van der Waals surface area contributed by atoms with Crippen LogP contribution in [0.2, 0.25) is 0 Å². The van der Waals surface area contributed by atoms with E-state index < -0.39 is 4.59 Å². The van der Waals surface area contributed by atoms with E-state index in [-0.39, 0.29) is 11.8 Å². The van der Waals surface area contributed by atoms with E-state index in [1.807, 2.05) is 0 Å². The first-order valence-electron chi connectivity index (χ1n) is 3.89. The molecule has 13 heavy (non-hydrogen) atoms. The lowest BCUT2D eigenvalue weighted by molar-refractivity contribution is -0.752. The van der Waals surface area contributed by atoms with Crippen molar-refractivity contribution in [1.82, 2.24) is 0 Å². The molecule has 1 heterocycles. The summed E-state index contributed by atoms with van der Waals surface area (Å²) >= 11 is 0. The zero-order valence-electron chi connectivity index (χ0n) is 7.15. The fourth-order valence-electron chi connectivity index (χ4n) is 1.45. The van der Waals surface area contributed by atoms with Crippen LogP contribution in [0.1, 0.15) is 20.7 Å². The van der Waals surface area contributed by atoms with E-state index in [9.17, 15) is 9.59 Å². The first-order chi connectivity index (χ1) is 6.05. The molecule has 0 spiro atoms. The van der Waals surface area contributed by atoms with Crippen molar-refractivity contribution in [2.24, 2.45) is 5.84 Å². The summed E-state index contributed by atoms with van der Waals surface area (Å²) in [7, 11) is 1.39. The van der Waals surface area contributed by atoms with Crippen LogP contribution in [0.15, 0.2) is 24.3 Å². The summed E-state index contributed by atoms with van der Waals surface area (Å²) < 4.78 is -0.695. The summed E-state index contributed by atoms with van der Waals surface area (Å²) in [5.41, 5.74) is 0.829. The number of nitrogens with two attached hydrogens (primary N) is 1. The monoisotopic (exact) mass is 177 g/mol. The van der Waals surface area contributed by atoms with Crippen molar-refractivity contribution >= 4 is 11.8 Å². The topological polar surface area (TPSA) is 60.2 Å². The van der Waals surface area contributed by atoms with Crippen LogP contribution >= 0.6 is 0 Å². The van der Waals surface area contributed by atoms with E-state index >= 15 is 0 Å². The molecule has 0 unspecified atom stereocenters. The summed E-state index contributed by atoms with van der Waals surface area (Å²) in [6.07, 6.45) is 0. The summed E-state index contributed by atoms with van der Waals surface area (Å²) in [5, 5.41) is 0. The van der Waals surface area contributed by atoms with Gasteiger partial charge >= 0.3 is 11.8 Å². The molecule has 1 aromatic rings. The van der Waals surface area contributed by atoms with Crippen molar-refractivity contribution in [2.75, 3.05) is 7.05 Å². The normalized spacial score (nSPS) is 18.9. The van der Waals surface area contributed by atoms with E-state index in [1.54, 1.807) is 24.3 Å². The average molecular weight is 177 g/mol.